The van der Waals surface area contributed by atoms with Crippen LogP contribution in [-0.4, -0.2) is 11.8 Å². The van der Waals surface area contributed by atoms with Crippen LogP contribution >= 0.6 is 34.8 Å². The molecular formula is C16H10Cl3FN2O2. The molecule has 124 valence electrons. The molecule has 1 aliphatic rings. The lowest BCUT2D eigenvalue weighted by atomic mass is 9.89. The summed E-state index contributed by atoms with van der Waals surface area (Å²) >= 11 is 17.8. The van der Waals surface area contributed by atoms with Crippen LogP contribution in [-0.2, 0) is 9.59 Å². The van der Waals surface area contributed by atoms with Crippen molar-refractivity contribution in [3.8, 4) is 0 Å². The third-order valence-electron chi connectivity index (χ3n) is 3.64. The highest BCUT2D eigenvalue weighted by Gasteiger charge is 2.31. The fraction of sp³-hybridized carbons (Fsp3) is 0.125. The summed E-state index contributed by atoms with van der Waals surface area (Å²) in [7, 11) is 0. The summed E-state index contributed by atoms with van der Waals surface area (Å²) in [5.74, 6) is -2.08. The Balaban J connectivity index is 1.91. The molecule has 8 heteroatoms. The molecule has 1 unspecified atom stereocenters. The van der Waals surface area contributed by atoms with E-state index in [0.29, 0.717) is 5.56 Å². The normalized spacial score (nSPS) is 16.3. The van der Waals surface area contributed by atoms with Crippen molar-refractivity contribution in [2.45, 2.75) is 12.3 Å². The monoisotopic (exact) mass is 386 g/mol. The quantitative estimate of drug-likeness (QED) is 0.724. The second kappa shape index (κ2) is 6.59. The van der Waals surface area contributed by atoms with Gasteiger partial charge in [-0.05, 0) is 29.8 Å². The molecule has 1 aliphatic heterocycles. The highest BCUT2D eigenvalue weighted by atomic mass is 35.5. The molecule has 1 heterocycles. The van der Waals surface area contributed by atoms with Gasteiger partial charge < -0.3 is 10.6 Å². The van der Waals surface area contributed by atoms with Gasteiger partial charge in [0.15, 0.2) is 0 Å². The molecule has 2 N–H and O–H groups in total. The maximum atomic E-state index is 13.3. The third-order valence-corrected chi connectivity index (χ3v) is 4.67. The van der Waals surface area contributed by atoms with E-state index in [0.717, 1.165) is 0 Å². The molecule has 1 atom stereocenters. The van der Waals surface area contributed by atoms with Crippen molar-refractivity contribution in [3.05, 3.63) is 56.8 Å². The largest absolute Gasteiger partial charge is 0.326 e. The first-order chi connectivity index (χ1) is 11.3. The van der Waals surface area contributed by atoms with E-state index < -0.39 is 17.6 Å². The summed E-state index contributed by atoms with van der Waals surface area (Å²) in [6, 6.07) is 6.74. The smallest absolute Gasteiger partial charge is 0.232 e. The van der Waals surface area contributed by atoms with Crippen molar-refractivity contribution >= 4 is 58.0 Å². The average molecular weight is 388 g/mol. The number of amides is 2. The van der Waals surface area contributed by atoms with Gasteiger partial charge in [0, 0.05) is 12.1 Å². The number of hydrogen-bond donors (Lipinski definition) is 2. The molecule has 2 aromatic carbocycles. The maximum Gasteiger partial charge on any atom is 0.232 e. The average Bonchev–Trinajstić information content (AvgIpc) is 2.51. The number of halogens is 4. The SMILES string of the molecule is O=C1CC(C(=O)Nc2cc(Cl)c(Cl)cc2Cl)c2ccc(F)cc2N1. The van der Waals surface area contributed by atoms with Crippen LogP contribution in [0.4, 0.5) is 15.8 Å². The van der Waals surface area contributed by atoms with Gasteiger partial charge in [-0.25, -0.2) is 4.39 Å². The summed E-state index contributed by atoms with van der Waals surface area (Å²) in [6.07, 6.45) is -0.0522. The highest BCUT2D eigenvalue weighted by molar-refractivity contribution is 6.44. The van der Waals surface area contributed by atoms with Crippen LogP contribution in [0.2, 0.25) is 15.1 Å². The van der Waals surface area contributed by atoms with E-state index in [2.05, 4.69) is 10.6 Å². The van der Waals surface area contributed by atoms with E-state index in [-0.39, 0.29) is 38.8 Å². The molecule has 3 rings (SSSR count). The highest BCUT2D eigenvalue weighted by Crippen LogP contribution is 2.36. The van der Waals surface area contributed by atoms with Gasteiger partial charge in [0.05, 0.1) is 26.7 Å². The standard InChI is InChI=1S/C16H10Cl3FN2O2/c17-10-5-12(19)14(6-11(10)18)22-16(24)9-4-15(23)21-13-3-7(20)1-2-8(9)13/h1-3,5-6,9H,4H2,(H,21,23)(H,22,24). The van der Waals surface area contributed by atoms with Gasteiger partial charge in [-0.3, -0.25) is 9.59 Å². The van der Waals surface area contributed by atoms with Gasteiger partial charge >= 0.3 is 0 Å². The molecule has 2 amide bonds. The predicted molar refractivity (Wildman–Crippen MR) is 92.5 cm³/mol. The van der Waals surface area contributed by atoms with Crippen LogP contribution in [0.1, 0.15) is 17.9 Å². The predicted octanol–water partition coefficient (Wildman–Crippen LogP) is 4.85. The first kappa shape index (κ1) is 17.0. The molecule has 4 nitrogen and oxygen atoms in total. The zero-order valence-corrected chi connectivity index (χ0v) is 14.3. The molecule has 0 spiro atoms. The molecule has 0 bridgehead atoms. The van der Waals surface area contributed by atoms with Crippen molar-refractivity contribution in [2.75, 3.05) is 10.6 Å². The topological polar surface area (TPSA) is 58.2 Å². The Kier molecular flexibility index (Phi) is 4.67. The third kappa shape index (κ3) is 3.34. The Labute approximate surface area is 151 Å². The van der Waals surface area contributed by atoms with Crippen molar-refractivity contribution in [2.24, 2.45) is 0 Å². The summed E-state index contributed by atoms with van der Waals surface area (Å²) in [5.41, 5.74) is 1.10. The van der Waals surface area contributed by atoms with Crippen molar-refractivity contribution in [1.29, 1.82) is 0 Å². The number of benzene rings is 2. The molecule has 0 radical (unpaired) electrons. The van der Waals surface area contributed by atoms with Gasteiger partial charge in [0.1, 0.15) is 5.82 Å². The lowest BCUT2D eigenvalue weighted by Crippen LogP contribution is -2.31. The molecular weight excluding hydrogens is 378 g/mol. The second-order valence-electron chi connectivity index (χ2n) is 5.27. The summed E-state index contributed by atoms with van der Waals surface area (Å²) in [4.78, 5) is 24.4. The van der Waals surface area contributed by atoms with Crippen LogP contribution in [0.3, 0.4) is 0 Å². The number of carbonyl (C=O) groups excluding carboxylic acids is 2. The Hall–Kier alpha value is -1.82. The van der Waals surface area contributed by atoms with Crippen molar-refractivity contribution in [1.82, 2.24) is 0 Å². The van der Waals surface area contributed by atoms with E-state index in [4.69, 9.17) is 34.8 Å². The number of hydrogen-bond acceptors (Lipinski definition) is 2. The molecule has 0 aromatic heterocycles. The number of carbonyl (C=O) groups is 2. The van der Waals surface area contributed by atoms with Crippen LogP contribution in [0.25, 0.3) is 0 Å². The lowest BCUT2D eigenvalue weighted by Gasteiger charge is -2.25. The number of anilines is 2. The molecule has 0 saturated carbocycles. The van der Waals surface area contributed by atoms with Crippen molar-refractivity contribution in [3.63, 3.8) is 0 Å². The zero-order valence-electron chi connectivity index (χ0n) is 12.0. The van der Waals surface area contributed by atoms with Crippen LogP contribution in [0.15, 0.2) is 30.3 Å². The van der Waals surface area contributed by atoms with Crippen LogP contribution < -0.4 is 10.6 Å². The Bertz CT molecular complexity index is 857. The number of rotatable bonds is 2. The minimum Gasteiger partial charge on any atom is -0.326 e. The lowest BCUT2D eigenvalue weighted by molar-refractivity contribution is -0.123. The van der Waals surface area contributed by atoms with Crippen LogP contribution in [0, 0.1) is 5.82 Å². The molecule has 0 saturated heterocycles. The van der Waals surface area contributed by atoms with Crippen molar-refractivity contribution < 1.29 is 14.0 Å². The molecule has 24 heavy (non-hydrogen) atoms. The Morgan fingerprint density at radius 3 is 2.58 bits per heavy atom. The van der Waals surface area contributed by atoms with E-state index in [9.17, 15) is 14.0 Å². The minimum atomic E-state index is -0.764. The van der Waals surface area contributed by atoms with E-state index >= 15 is 0 Å². The number of fused-ring (bicyclic) bond motifs is 1. The van der Waals surface area contributed by atoms with Gasteiger partial charge in [0.25, 0.3) is 0 Å². The van der Waals surface area contributed by atoms with Gasteiger partial charge in [-0.15, -0.1) is 0 Å². The summed E-state index contributed by atoms with van der Waals surface area (Å²) in [5, 5.41) is 5.91. The maximum absolute atomic E-state index is 13.3. The van der Waals surface area contributed by atoms with E-state index in [1.165, 1.54) is 30.3 Å². The van der Waals surface area contributed by atoms with Gasteiger partial charge in [0.2, 0.25) is 11.8 Å². The van der Waals surface area contributed by atoms with Gasteiger partial charge in [-0.1, -0.05) is 40.9 Å². The molecule has 0 aliphatic carbocycles. The minimum absolute atomic E-state index is 0.0522. The van der Waals surface area contributed by atoms with Crippen LogP contribution in [0.5, 0.6) is 0 Å². The molecule has 0 fully saturated rings. The zero-order chi connectivity index (χ0) is 17.4. The van der Waals surface area contributed by atoms with E-state index in [1.54, 1.807) is 0 Å². The Morgan fingerprint density at radius 2 is 1.83 bits per heavy atom. The van der Waals surface area contributed by atoms with Gasteiger partial charge in [-0.2, -0.15) is 0 Å². The number of nitrogens with one attached hydrogen (secondary N) is 2. The Morgan fingerprint density at radius 1 is 1.12 bits per heavy atom. The molecule has 2 aromatic rings. The van der Waals surface area contributed by atoms with E-state index in [1.807, 2.05) is 0 Å². The first-order valence-corrected chi connectivity index (χ1v) is 8.03. The first-order valence-electron chi connectivity index (χ1n) is 6.90. The fourth-order valence-corrected chi connectivity index (χ4v) is 3.10. The summed E-state index contributed by atoms with van der Waals surface area (Å²) < 4.78 is 13.3. The second-order valence-corrected chi connectivity index (χ2v) is 6.49. The summed E-state index contributed by atoms with van der Waals surface area (Å²) in [6.45, 7) is 0. The fourth-order valence-electron chi connectivity index (χ4n) is 2.51.